The standard InChI is InChI=1S/C25H30FN5O3/c26-21-3-1-2-17(11-21)15-28-4-6-29(7-5-28)24(32)23-22(31(33)34)16-30(27-23)25-12-18-8-19(13-25)10-20(9-18)14-25/h1-3,11,16,18-20H,4-10,12-15H2. The van der Waals surface area contributed by atoms with Crippen LogP contribution in [0.3, 0.4) is 0 Å². The third kappa shape index (κ3) is 3.79. The van der Waals surface area contributed by atoms with Gasteiger partial charge in [-0.15, -0.1) is 0 Å². The molecule has 1 aromatic heterocycles. The highest BCUT2D eigenvalue weighted by atomic mass is 19.1. The van der Waals surface area contributed by atoms with Crippen molar-refractivity contribution in [2.24, 2.45) is 17.8 Å². The number of rotatable bonds is 5. The van der Waals surface area contributed by atoms with E-state index in [2.05, 4.69) is 10.00 Å². The van der Waals surface area contributed by atoms with E-state index in [0.717, 1.165) is 24.8 Å². The van der Waals surface area contributed by atoms with Crippen molar-refractivity contribution >= 4 is 11.6 Å². The number of carbonyl (C=O) groups excluding carboxylic acids is 1. The molecule has 0 unspecified atom stereocenters. The lowest BCUT2D eigenvalue weighted by Gasteiger charge is -2.56. The first-order chi connectivity index (χ1) is 16.4. The van der Waals surface area contributed by atoms with Crippen LogP contribution in [0.15, 0.2) is 30.5 Å². The van der Waals surface area contributed by atoms with Crippen molar-refractivity contribution in [1.29, 1.82) is 0 Å². The first-order valence-electron chi connectivity index (χ1n) is 12.4. The minimum absolute atomic E-state index is 0.0284. The summed E-state index contributed by atoms with van der Waals surface area (Å²) in [5.74, 6) is 1.42. The van der Waals surface area contributed by atoms with E-state index in [4.69, 9.17) is 0 Å². The van der Waals surface area contributed by atoms with Crippen molar-refractivity contribution in [2.75, 3.05) is 26.2 Å². The molecule has 4 saturated carbocycles. The second kappa shape index (κ2) is 8.15. The second-order valence-electron chi connectivity index (χ2n) is 10.9. The minimum Gasteiger partial charge on any atom is -0.334 e. The average molecular weight is 468 g/mol. The van der Waals surface area contributed by atoms with E-state index in [0.29, 0.717) is 50.5 Å². The maximum Gasteiger partial charge on any atom is 0.320 e. The Kier molecular flexibility index (Phi) is 5.20. The summed E-state index contributed by atoms with van der Waals surface area (Å²) in [6, 6.07) is 6.54. The van der Waals surface area contributed by atoms with Gasteiger partial charge in [-0.05, 0) is 74.0 Å². The van der Waals surface area contributed by atoms with Crippen LogP contribution in [-0.4, -0.2) is 56.6 Å². The van der Waals surface area contributed by atoms with Crippen molar-refractivity contribution in [3.8, 4) is 0 Å². The van der Waals surface area contributed by atoms with Crippen LogP contribution >= 0.6 is 0 Å². The Labute approximate surface area is 197 Å². The van der Waals surface area contributed by atoms with Gasteiger partial charge < -0.3 is 4.90 Å². The number of nitro groups is 1. The lowest BCUT2D eigenvalue weighted by Crippen LogP contribution is -2.52. The number of benzene rings is 1. The molecular weight excluding hydrogens is 437 g/mol. The van der Waals surface area contributed by atoms with E-state index >= 15 is 0 Å². The second-order valence-corrected chi connectivity index (χ2v) is 10.9. The van der Waals surface area contributed by atoms with Crippen molar-refractivity contribution in [1.82, 2.24) is 19.6 Å². The first-order valence-corrected chi connectivity index (χ1v) is 12.4. The van der Waals surface area contributed by atoms with Crippen molar-refractivity contribution in [3.63, 3.8) is 0 Å². The number of amides is 1. The van der Waals surface area contributed by atoms with Gasteiger partial charge in [0.15, 0.2) is 0 Å². The molecule has 180 valence electrons. The minimum atomic E-state index is -0.461. The molecule has 1 saturated heterocycles. The summed E-state index contributed by atoms with van der Waals surface area (Å²) in [6.45, 7) is 2.81. The highest BCUT2D eigenvalue weighted by molar-refractivity contribution is 5.96. The Morgan fingerprint density at radius 2 is 1.74 bits per heavy atom. The summed E-state index contributed by atoms with van der Waals surface area (Å²) in [4.78, 5) is 28.6. The Hall–Kier alpha value is -2.81. The number of piperazine rings is 1. The lowest BCUT2D eigenvalue weighted by atomic mass is 9.53. The number of aromatic nitrogens is 2. The third-order valence-electron chi connectivity index (χ3n) is 8.54. The quantitative estimate of drug-likeness (QED) is 0.493. The van der Waals surface area contributed by atoms with Crippen LogP contribution in [0.4, 0.5) is 10.1 Å². The summed E-state index contributed by atoms with van der Waals surface area (Å²) in [7, 11) is 0. The van der Waals surface area contributed by atoms with Gasteiger partial charge in [0.05, 0.1) is 10.5 Å². The van der Waals surface area contributed by atoms with Crippen LogP contribution in [-0.2, 0) is 12.1 Å². The first kappa shape index (κ1) is 21.7. The average Bonchev–Trinajstić information content (AvgIpc) is 3.25. The summed E-state index contributed by atoms with van der Waals surface area (Å²) in [5, 5.41) is 16.5. The van der Waals surface area contributed by atoms with Crippen LogP contribution in [0.2, 0.25) is 0 Å². The van der Waals surface area contributed by atoms with Gasteiger partial charge in [0.1, 0.15) is 12.0 Å². The van der Waals surface area contributed by atoms with Crippen LogP contribution < -0.4 is 0 Å². The number of hydrogen-bond acceptors (Lipinski definition) is 5. The van der Waals surface area contributed by atoms with Gasteiger partial charge in [0, 0.05) is 32.7 Å². The molecule has 4 aliphatic carbocycles. The van der Waals surface area contributed by atoms with E-state index < -0.39 is 4.92 Å². The predicted molar refractivity (Wildman–Crippen MR) is 123 cm³/mol. The maximum absolute atomic E-state index is 13.5. The zero-order valence-corrected chi connectivity index (χ0v) is 19.2. The lowest BCUT2D eigenvalue weighted by molar-refractivity contribution is -0.385. The molecule has 7 rings (SSSR count). The Balaban J connectivity index is 1.18. The Bertz CT molecular complexity index is 1090. The van der Waals surface area contributed by atoms with E-state index in [1.807, 2.05) is 10.7 Å². The Morgan fingerprint density at radius 3 is 2.32 bits per heavy atom. The smallest absolute Gasteiger partial charge is 0.320 e. The van der Waals surface area contributed by atoms with Gasteiger partial charge in [0.2, 0.25) is 5.69 Å². The SMILES string of the molecule is O=C(c1nn(C23CC4CC(CC(C4)C2)C3)cc1[N+](=O)[O-])N1CCN(Cc2cccc(F)c2)CC1. The molecule has 5 fully saturated rings. The fraction of sp³-hybridized carbons (Fsp3) is 0.600. The molecule has 1 aliphatic heterocycles. The number of hydrogen-bond donors (Lipinski definition) is 0. The van der Waals surface area contributed by atoms with E-state index in [1.165, 1.54) is 37.6 Å². The molecule has 34 heavy (non-hydrogen) atoms. The van der Waals surface area contributed by atoms with Gasteiger partial charge >= 0.3 is 5.69 Å². The molecule has 0 atom stereocenters. The van der Waals surface area contributed by atoms with Crippen LogP contribution in [0.5, 0.6) is 0 Å². The molecule has 0 spiro atoms. The van der Waals surface area contributed by atoms with Crippen molar-refractivity contribution < 1.29 is 14.1 Å². The molecule has 4 bridgehead atoms. The van der Waals surface area contributed by atoms with E-state index in [9.17, 15) is 19.3 Å². The maximum atomic E-state index is 13.5. The highest BCUT2D eigenvalue weighted by Crippen LogP contribution is 2.58. The largest absolute Gasteiger partial charge is 0.334 e. The summed E-state index contributed by atoms with van der Waals surface area (Å²) in [5.41, 5.74) is 0.522. The molecule has 0 radical (unpaired) electrons. The topological polar surface area (TPSA) is 84.5 Å². The molecule has 2 heterocycles. The van der Waals surface area contributed by atoms with Gasteiger partial charge in [-0.3, -0.25) is 24.5 Å². The van der Waals surface area contributed by atoms with E-state index in [1.54, 1.807) is 11.0 Å². The number of halogens is 1. The van der Waals surface area contributed by atoms with Crippen LogP contribution in [0.25, 0.3) is 0 Å². The molecule has 5 aliphatic rings. The number of carbonyl (C=O) groups is 1. The molecule has 8 nitrogen and oxygen atoms in total. The zero-order valence-electron chi connectivity index (χ0n) is 19.2. The summed E-state index contributed by atoms with van der Waals surface area (Å²) < 4.78 is 15.3. The molecule has 1 amide bonds. The van der Waals surface area contributed by atoms with Gasteiger partial charge in [-0.2, -0.15) is 5.10 Å². The van der Waals surface area contributed by atoms with Gasteiger partial charge in [-0.25, -0.2) is 4.39 Å². The fourth-order valence-corrected chi connectivity index (χ4v) is 7.39. The zero-order chi connectivity index (χ0) is 23.4. The van der Waals surface area contributed by atoms with Crippen LogP contribution in [0.1, 0.15) is 54.6 Å². The molecular formula is C25H30FN5O3. The third-order valence-corrected chi connectivity index (χ3v) is 8.54. The Morgan fingerprint density at radius 1 is 1.09 bits per heavy atom. The van der Waals surface area contributed by atoms with Crippen molar-refractivity contribution in [2.45, 2.75) is 50.6 Å². The predicted octanol–water partition coefficient (Wildman–Crippen LogP) is 3.81. The molecule has 1 aromatic carbocycles. The van der Waals surface area contributed by atoms with E-state index in [-0.39, 0.29) is 28.6 Å². The summed E-state index contributed by atoms with van der Waals surface area (Å²) in [6.07, 6.45) is 8.40. The van der Waals surface area contributed by atoms with Crippen LogP contribution in [0, 0.1) is 33.7 Å². The normalized spacial score (nSPS) is 30.6. The van der Waals surface area contributed by atoms with Gasteiger partial charge in [-0.1, -0.05) is 12.1 Å². The monoisotopic (exact) mass is 467 g/mol. The van der Waals surface area contributed by atoms with Gasteiger partial charge in [0.25, 0.3) is 5.91 Å². The summed E-state index contributed by atoms with van der Waals surface area (Å²) >= 11 is 0. The molecule has 9 heteroatoms. The molecule has 2 aromatic rings. The highest BCUT2D eigenvalue weighted by Gasteiger charge is 2.53. The van der Waals surface area contributed by atoms with Crippen molar-refractivity contribution in [3.05, 3.63) is 57.7 Å². The fourth-order valence-electron chi connectivity index (χ4n) is 7.39. The number of nitrogens with zero attached hydrogens (tertiary/aromatic N) is 5. The molecule has 0 N–H and O–H groups in total.